The maximum absolute atomic E-state index is 12.7. The van der Waals surface area contributed by atoms with Crippen molar-refractivity contribution in [3.8, 4) is 17.3 Å². The lowest BCUT2D eigenvalue weighted by Crippen LogP contribution is -2.30. The highest BCUT2D eigenvalue weighted by molar-refractivity contribution is 5.97. The van der Waals surface area contributed by atoms with E-state index in [1.54, 1.807) is 18.2 Å². The first-order valence-corrected chi connectivity index (χ1v) is 9.63. The average molecular weight is 462 g/mol. The Morgan fingerprint density at radius 3 is 2.61 bits per heavy atom. The zero-order valence-electron chi connectivity index (χ0n) is 17.3. The third-order valence-corrected chi connectivity index (χ3v) is 4.82. The van der Waals surface area contributed by atoms with Crippen LogP contribution in [0.4, 0.5) is 18.9 Å². The first-order chi connectivity index (χ1) is 15.6. The predicted octanol–water partition coefficient (Wildman–Crippen LogP) is 3.51. The van der Waals surface area contributed by atoms with E-state index < -0.39 is 29.7 Å². The zero-order chi connectivity index (χ0) is 23.8. The lowest BCUT2D eigenvalue weighted by atomic mass is 10.2. The second kappa shape index (κ2) is 8.45. The number of alkyl halides is 3. The van der Waals surface area contributed by atoms with E-state index in [-0.39, 0.29) is 23.9 Å². The molecule has 0 bridgehead atoms. The average Bonchev–Trinajstić information content (AvgIpc) is 3.39. The zero-order valence-corrected chi connectivity index (χ0v) is 17.3. The summed E-state index contributed by atoms with van der Waals surface area (Å²) in [6, 6.07) is 6.84. The first-order valence-electron chi connectivity index (χ1n) is 9.63. The van der Waals surface area contributed by atoms with Crippen molar-refractivity contribution in [3.05, 3.63) is 59.5 Å². The fourth-order valence-electron chi connectivity index (χ4n) is 3.02. The van der Waals surface area contributed by atoms with Gasteiger partial charge in [-0.25, -0.2) is 14.5 Å². The molecule has 2 aromatic heterocycles. The van der Waals surface area contributed by atoms with Crippen molar-refractivity contribution in [1.29, 1.82) is 0 Å². The van der Waals surface area contributed by atoms with Crippen molar-refractivity contribution in [3.63, 3.8) is 0 Å². The molecule has 1 aliphatic heterocycles. The summed E-state index contributed by atoms with van der Waals surface area (Å²) in [7, 11) is 0. The summed E-state index contributed by atoms with van der Waals surface area (Å²) in [5.41, 5.74) is -0.141. The van der Waals surface area contributed by atoms with Crippen LogP contribution in [0.15, 0.2) is 42.7 Å². The third kappa shape index (κ3) is 4.59. The number of esters is 1. The number of rotatable bonds is 5. The van der Waals surface area contributed by atoms with Crippen LogP contribution in [0.2, 0.25) is 0 Å². The van der Waals surface area contributed by atoms with Crippen LogP contribution in [-0.2, 0) is 15.7 Å². The molecular weight excluding hydrogens is 445 g/mol. The predicted molar refractivity (Wildman–Crippen MR) is 107 cm³/mol. The van der Waals surface area contributed by atoms with Crippen molar-refractivity contribution < 1.29 is 37.0 Å². The number of aromatic nitrogens is 3. The van der Waals surface area contributed by atoms with Gasteiger partial charge in [-0.1, -0.05) is 0 Å². The Morgan fingerprint density at radius 1 is 1.15 bits per heavy atom. The number of amides is 1. The molecule has 9 nitrogen and oxygen atoms in total. The number of hydrogen-bond donors (Lipinski definition) is 1. The monoisotopic (exact) mass is 462 g/mol. The second-order valence-electron chi connectivity index (χ2n) is 7.06. The molecule has 0 radical (unpaired) electrons. The minimum Gasteiger partial charge on any atom is -0.454 e. The van der Waals surface area contributed by atoms with Gasteiger partial charge < -0.3 is 19.5 Å². The van der Waals surface area contributed by atoms with E-state index in [9.17, 15) is 22.8 Å². The lowest BCUT2D eigenvalue weighted by molar-refractivity contribution is -0.137. The molecule has 1 amide bonds. The van der Waals surface area contributed by atoms with E-state index >= 15 is 0 Å². The number of fused-ring (bicyclic) bond motifs is 1. The molecule has 1 N–H and O–H groups in total. The molecule has 3 aromatic rings. The molecule has 1 aliphatic rings. The molecule has 0 fully saturated rings. The molecule has 0 aliphatic carbocycles. The molecule has 172 valence electrons. The molecular formula is C21H17F3N4O5. The van der Waals surface area contributed by atoms with Gasteiger partial charge in [0.2, 0.25) is 6.79 Å². The van der Waals surface area contributed by atoms with Crippen LogP contribution in [0.1, 0.15) is 28.5 Å². The van der Waals surface area contributed by atoms with Crippen molar-refractivity contribution in [2.75, 3.05) is 12.1 Å². The van der Waals surface area contributed by atoms with Gasteiger partial charge in [0.1, 0.15) is 5.56 Å². The van der Waals surface area contributed by atoms with E-state index in [0.717, 1.165) is 12.1 Å². The number of halogens is 3. The summed E-state index contributed by atoms with van der Waals surface area (Å²) in [5.74, 6) is -0.260. The van der Waals surface area contributed by atoms with Crippen molar-refractivity contribution in [2.24, 2.45) is 0 Å². The number of nitrogens with one attached hydrogen (secondary N) is 1. The largest absolute Gasteiger partial charge is 0.454 e. The molecule has 4 rings (SSSR count). The van der Waals surface area contributed by atoms with Gasteiger partial charge >= 0.3 is 12.1 Å². The van der Waals surface area contributed by atoms with Crippen LogP contribution in [0.25, 0.3) is 5.82 Å². The first kappa shape index (κ1) is 22.1. The van der Waals surface area contributed by atoms with Crippen LogP contribution in [0.5, 0.6) is 11.5 Å². The minimum atomic E-state index is -4.52. The summed E-state index contributed by atoms with van der Waals surface area (Å²) < 4.78 is 55.1. The molecule has 1 atom stereocenters. The maximum Gasteiger partial charge on any atom is 0.417 e. The highest BCUT2D eigenvalue weighted by atomic mass is 19.4. The molecule has 12 heteroatoms. The van der Waals surface area contributed by atoms with Gasteiger partial charge in [-0.05, 0) is 38.1 Å². The van der Waals surface area contributed by atoms with Gasteiger partial charge in [0.05, 0.1) is 17.5 Å². The Morgan fingerprint density at radius 2 is 1.91 bits per heavy atom. The van der Waals surface area contributed by atoms with E-state index in [0.29, 0.717) is 23.4 Å². The van der Waals surface area contributed by atoms with E-state index in [1.165, 1.54) is 24.7 Å². The fraction of sp³-hybridized carbons (Fsp3) is 0.238. The number of pyridine rings is 1. The number of hydrogen-bond acceptors (Lipinski definition) is 7. The van der Waals surface area contributed by atoms with Crippen LogP contribution in [0.3, 0.4) is 0 Å². The summed E-state index contributed by atoms with van der Waals surface area (Å²) in [6.45, 7) is 3.02. The SMILES string of the molecule is Cc1c(C(=O)OC(C)C(=O)Nc2ccc3c(c2)OCO3)cnn1-c1ccc(C(F)(F)F)cn1. The number of carbonyl (C=O) groups excluding carboxylic acids is 2. The molecule has 0 spiro atoms. The van der Waals surface area contributed by atoms with Crippen LogP contribution in [-0.4, -0.2) is 39.5 Å². The van der Waals surface area contributed by atoms with E-state index in [2.05, 4.69) is 15.4 Å². The Hall–Kier alpha value is -4.09. The second-order valence-corrected chi connectivity index (χ2v) is 7.06. The summed E-state index contributed by atoms with van der Waals surface area (Å²) in [5, 5.41) is 6.61. The van der Waals surface area contributed by atoms with Gasteiger partial charge in [-0.15, -0.1) is 0 Å². The molecule has 3 heterocycles. The Labute approximate surface area is 185 Å². The Kier molecular flexibility index (Phi) is 5.66. The quantitative estimate of drug-likeness (QED) is 0.579. The molecule has 0 saturated heterocycles. The summed E-state index contributed by atoms with van der Waals surface area (Å²) >= 11 is 0. The standard InChI is InChI=1S/C21H17F3N4O5/c1-11-15(9-26-28(11)18-6-3-13(8-25-18)21(22,23)24)20(30)33-12(2)19(29)27-14-4-5-16-17(7-14)32-10-31-16/h3-9,12H,10H2,1-2H3,(H,27,29). The van der Waals surface area contributed by atoms with Gasteiger partial charge in [0.15, 0.2) is 23.4 Å². The Balaban J connectivity index is 1.42. The lowest BCUT2D eigenvalue weighted by Gasteiger charge is -2.14. The van der Waals surface area contributed by atoms with Gasteiger partial charge in [0, 0.05) is 18.0 Å². The topological polar surface area (TPSA) is 105 Å². The normalized spacial score (nSPS) is 13.5. The number of carbonyl (C=O) groups is 2. The van der Waals surface area contributed by atoms with E-state index in [1.807, 2.05) is 0 Å². The molecule has 1 aromatic carbocycles. The number of anilines is 1. The maximum atomic E-state index is 12.7. The molecule has 33 heavy (non-hydrogen) atoms. The number of ether oxygens (including phenoxy) is 3. The fourth-order valence-corrected chi connectivity index (χ4v) is 3.02. The van der Waals surface area contributed by atoms with Gasteiger partial charge in [0.25, 0.3) is 5.91 Å². The van der Waals surface area contributed by atoms with Crippen molar-refractivity contribution in [1.82, 2.24) is 14.8 Å². The smallest absolute Gasteiger partial charge is 0.417 e. The van der Waals surface area contributed by atoms with Crippen molar-refractivity contribution >= 4 is 17.6 Å². The third-order valence-electron chi connectivity index (χ3n) is 4.82. The summed E-state index contributed by atoms with van der Waals surface area (Å²) in [4.78, 5) is 28.7. The summed E-state index contributed by atoms with van der Waals surface area (Å²) in [6.07, 6.45) is -3.79. The molecule has 0 saturated carbocycles. The molecule has 1 unspecified atom stereocenters. The van der Waals surface area contributed by atoms with Crippen LogP contribution in [0, 0.1) is 6.92 Å². The Bertz CT molecular complexity index is 1210. The van der Waals surface area contributed by atoms with Crippen LogP contribution < -0.4 is 14.8 Å². The minimum absolute atomic E-state index is 0.0411. The van der Waals surface area contributed by atoms with Crippen molar-refractivity contribution in [2.45, 2.75) is 26.1 Å². The number of benzene rings is 1. The van der Waals surface area contributed by atoms with E-state index in [4.69, 9.17) is 14.2 Å². The van der Waals surface area contributed by atoms with Gasteiger partial charge in [-0.3, -0.25) is 4.79 Å². The van der Waals surface area contributed by atoms with Gasteiger partial charge in [-0.2, -0.15) is 18.3 Å². The van der Waals surface area contributed by atoms with Crippen LogP contribution >= 0.6 is 0 Å². The number of nitrogens with zero attached hydrogens (tertiary/aromatic N) is 3. The highest BCUT2D eigenvalue weighted by Gasteiger charge is 2.31. The highest BCUT2D eigenvalue weighted by Crippen LogP contribution is 2.34.